The maximum absolute atomic E-state index is 5.67. The molecule has 1 N–H and O–H groups in total. The molecule has 0 aromatic heterocycles. The molecule has 3 rings (SSSR count). The predicted octanol–water partition coefficient (Wildman–Crippen LogP) is 2.66. The summed E-state index contributed by atoms with van der Waals surface area (Å²) in [6, 6.07) is 7.30. The van der Waals surface area contributed by atoms with Crippen molar-refractivity contribution in [1.82, 2.24) is 0 Å². The minimum Gasteiger partial charge on any atom is -0.385 e. The van der Waals surface area contributed by atoms with Crippen molar-refractivity contribution in [3.8, 4) is 0 Å². The van der Waals surface area contributed by atoms with E-state index in [0.717, 1.165) is 19.6 Å². The second-order valence-corrected chi connectivity index (χ2v) is 5.41. The normalized spacial score (nSPS) is 26.6. The second kappa shape index (κ2) is 4.81. The quantitative estimate of drug-likeness (QED) is 0.868. The molecular formula is C15H22N2O. The Morgan fingerprint density at radius 1 is 1.39 bits per heavy atom. The van der Waals surface area contributed by atoms with Gasteiger partial charge in [-0.25, -0.2) is 0 Å². The van der Waals surface area contributed by atoms with Gasteiger partial charge in [0.15, 0.2) is 0 Å². The first kappa shape index (κ1) is 11.8. The van der Waals surface area contributed by atoms with Crippen LogP contribution in [0.1, 0.15) is 25.3 Å². The Bertz CT molecular complexity index is 433. The Kier molecular flexibility index (Phi) is 3.16. The monoisotopic (exact) mass is 246 g/mol. The first-order valence-electron chi connectivity index (χ1n) is 6.97. The van der Waals surface area contributed by atoms with Crippen LogP contribution < -0.4 is 10.2 Å². The lowest BCUT2D eigenvalue weighted by atomic mass is 10.0. The van der Waals surface area contributed by atoms with Gasteiger partial charge < -0.3 is 15.0 Å². The molecule has 0 bridgehead atoms. The number of hydrogen-bond donors (Lipinski definition) is 1. The van der Waals surface area contributed by atoms with E-state index < -0.39 is 0 Å². The number of aryl methyl sites for hydroxylation is 1. The van der Waals surface area contributed by atoms with E-state index in [9.17, 15) is 0 Å². The zero-order chi connectivity index (χ0) is 12.5. The summed E-state index contributed by atoms with van der Waals surface area (Å²) in [5, 5.41) is 3.46. The number of benzene rings is 1. The summed E-state index contributed by atoms with van der Waals surface area (Å²) in [5.74, 6) is 0. The Hall–Kier alpha value is -1.22. The Morgan fingerprint density at radius 3 is 3.06 bits per heavy atom. The smallest absolute Gasteiger partial charge is 0.0750 e. The minimum absolute atomic E-state index is 0.337. The van der Waals surface area contributed by atoms with Gasteiger partial charge in [0.05, 0.1) is 12.1 Å². The van der Waals surface area contributed by atoms with E-state index in [1.165, 1.54) is 29.8 Å². The maximum Gasteiger partial charge on any atom is 0.0750 e. The van der Waals surface area contributed by atoms with Crippen LogP contribution in [0.2, 0.25) is 0 Å². The van der Waals surface area contributed by atoms with Gasteiger partial charge in [-0.15, -0.1) is 0 Å². The number of nitrogens with one attached hydrogen (secondary N) is 1. The largest absolute Gasteiger partial charge is 0.385 e. The lowest BCUT2D eigenvalue weighted by Gasteiger charge is -2.30. The van der Waals surface area contributed by atoms with Gasteiger partial charge in [0.1, 0.15) is 0 Å². The molecule has 3 heteroatoms. The van der Waals surface area contributed by atoms with E-state index in [2.05, 4.69) is 42.4 Å². The summed E-state index contributed by atoms with van der Waals surface area (Å²) in [7, 11) is 2.19. The lowest BCUT2D eigenvalue weighted by Crippen LogP contribution is -2.36. The van der Waals surface area contributed by atoms with Gasteiger partial charge in [0.25, 0.3) is 0 Å². The van der Waals surface area contributed by atoms with Gasteiger partial charge in [-0.05, 0) is 49.9 Å². The molecule has 0 radical (unpaired) electrons. The predicted molar refractivity (Wildman–Crippen MR) is 75.5 cm³/mol. The summed E-state index contributed by atoms with van der Waals surface area (Å²) in [4.78, 5) is 2.38. The molecule has 0 saturated carbocycles. The third-order valence-corrected chi connectivity index (χ3v) is 4.27. The van der Waals surface area contributed by atoms with Crippen molar-refractivity contribution in [2.75, 3.05) is 30.4 Å². The van der Waals surface area contributed by atoms with E-state index in [4.69, 9.17) is 4.74 Å². The Morgan fingerprint density at radius 2 is 2.28 bits per heavy atom. The Labute approximate surface area is 109 Å². The minimum atomic E-state index is 0.337. The number of rotatable bonds is 2. The highest BCUT2D eigenvalue weighted by atomic mass is 16.5. The topological polar surface area (TPSA) is 24.5 Å². The molecule has 98 valence electrons. The molecule has 1 fully saturated rings. The van der Waals surface area contributed by atoms with Crippen LogP contribution in [-0.2, 0) is 11.2 Å². The molecule has 1 aromatic rings. The van der Waals surface area contributed by atoms with Crippen LogP contribution in [0.15, 0.2) is 18.2 Å². The molecule has 1 saturated heterocycles. The first-order chi connectivity index (χ1) is 8.75. The van der Waals surface area contributed by atoms with E-state index in [0.29, 0.717) is 12.1 Å². The summed E-state index contributed by atoms with van der Waals surface area (Å²) < 4.78 is 5.67. The van der Waals surface area contributed by atoms with Crippen LogP contribution >= 0.6 is 0 Å². The number of anilines is 2. The molecule has 0 amide bonds. The maximum atomic E-state index is 5.67. The SMILES string of the molecule is CC1OCCC1N(C)c1ccc2c(c1)CCCN2. The zero-order valence-electron chi connectivity index (χ0n) is 11.3. The van der Waals surface area contributed by atoms with E-state index in [-0.39, 0.29) is 0 Å². The van der Waals surface area contributed by atoms with Crippen molar-refractivity contribution in [3.63, 3.8) is 0 Å². The number of nitrogens with zero attached hydrogens (tertiary/aromatic N) is 1. The molecule has 0 spiro atoms. The third-order valence-electron chi connectivity index (χ3n) is 4.27. The van der Waals surface area contributed by atoms with Gasteiger partial charge in [-0.1, -0.05) is 0 Å². The number of fused-ring (bicyclic) bond motifs is 1. The summed E-state index contributed by atoms with van der Waals surface area (Å²) >= 11 is 0. The molecule has 2 atom stereocenters. The lowest BCUT2D eigenvalue weighted by molar-refractivity contribution is 0.118. The van der Waals surface area contributed by atoms with Gasteiger partial charge >= 0.3 is 0 Å². The van der Waals surface area contributed by atoms with Crippen molar-refractivity contribution in [2.45, 2.75) is 38.3 Å². The number of ether oxygens (including phenoxy) is 1. The van der Waals surface area contributed by atoms with Crippen LogP contribution in [-0.4, -0.2) is 32.3 Å². The molecular weight excluding hydrogens is 224 g/mol. The van der Waals surface area contributed by atoms with Gasteiger partial charge in [-0.2, -0.15) is 0 Å². The highest BCUT2D eigenvalue weighted by molar-refractivity contribution is 5.62. The molecule has 1 aromatic carbocycles. The number of hydrogen-bond acceptors (Lipinski definition) is 3. The average molecular weight is 246 g/mol. The molecule has 3 nitrogen and oxygen atoms in total. The summed E-state index contributed by atoms with van der Waals surface area (Å²) in [6.07, 6.45) is 3.90. The van der Waals surface area contributed by atoms with Crippen LogP contribution in [0, 0.1) is 0 Å². The standard InChI is InChI=1S/C15H22N2O/c1-11-15(7-9-18-11)17(2)13-5-6-14-12(10-13)4-3-8-16-14/h5-6,10-11,15-16H,3-4,7-9H2,1-2H3. The van der Waals surface area contributed by atoms with Gasteiger partial charge in [0.2, 0.25) is 0 Å². The second-order valence-electron chi connectivity index (χ2n) is 5.41. The first-order valence-corrected chi connectivity index (χ1v) is 6.97. The third kappa shape index (κ3) is 2.07. The van der Waals surface area contributed by atoms with Crippen molar-refractivity contribution in [2.24, 2.45) is 0 Å². The fourth-order valence-corrected chi connectivity index (χ4v) is 3.10. The highest BCUT2D eigenvalue weighted by Gasteiger charge is 2.28. The molecule has 2 heterocycles. The van der Waals surface area contributed by atoms with Crippen LogP contribution in [0.5, 0.6) is 0 Å². The van der Waals surface area contributed by atoms with Crippen molar-refractivity contribution < 1.29 is 4.74 Å². The van der Waals surface area contributed by atoms with Crippen molar-refractivity contribution in [1.29, 1.82) is 0 Å². The number of likely N-dealkylation sites (N-methyl/N-ethyl adjacent to an activating group) is 1. The Balaban J connectivity index is 1.83. The summed E-state index contributed by atoms with van der Waals surface area (Å²) in [6.45, 7) is 4.17. The molecule has 0 aliphatic carbocycles. The average Bonchev–Trinajstić information content (AvgIpc) is 2.83. The fraction of sp³-hybridized carbons (Fsp3) is 0.600. The van der Waals surface area contributed by atoms with Gasteiger partial charge in [-0.3, -0.25) is 0 Å². The van der Waals surface area contributed by atoms with Crippen LogP contribution in [0.3, 0.4) is 0 Å². The molecule has 2 unspecified atom stereocenters. The molecule has 2 aliphatic rings. The van der Waals surface area contributed by atoms with Crippen LogP contribution in [0.4, 0.5) is 11.4 Å². The van der Waals surface area contributed by atoms with Crippen molar-refractivity contribution >= 4 is 11.4 Å². The van der Waals surface area contributed by atoms with Crippen molar-refractivity contribution in [3.05, 3.63) is 23.8 Å². The van der Waals surface area contributed by atoms with E-state index in [1.807, 2.05) is 0 Å². The summed E-state index contributed by atoms with van der Waals surface area (Å²) in [5.41, 5.74) is 4.09. The molecule has 18 heavy (non-hydrogen) atoms. The van der Waals surface area contributed by atoms with E-state index in [1.54, 1.807) is 0 Å². The fourth-order valence-electron chi connectivity index (χ4n) is 3.10. The highest BCUT2D eigenvalue weighted by Crippen LogP contribution is 2.29. The molecule has 2 aliphatic heterocycles. The zero-order valence-corrected chi connectivity index (χ0v) is 11.3. The van der Waals surface area contributed by atoms with Crippen LogP contribution in [0.25, 0.3) is 0 Å². The van der Waals surface area contributed by atoms with Gasteiger partial charge in [0, 0.05) is 31.6 Å². The van der Waals surface area contributed by atoms with E-state index >= 15 is 0 Å².